The second-order valence-corrected chi connectivity index (χ2v) is 4.36. The van der Waals surface area contributed by atoms with Crippen LogP contribution in [0.4, 0.5) is 0 Å². The van der Waals surface area contributed by atoms with Crippen LogP contribution in [0.2, 0.25) is 0 Å². The van der Waals surface area contributed by atoms with Crippen molar-refractivity contribution in [2.45, 2.75) is 19.4 Å². The summed E-state index contributed by atoms with van der Waals surface area (Å²) < 4.78 is 10.2. The molecule has 0 aromatic heterocycles. The van der Waals surface area contributed by atoms with Gasteiger partial charge in [0, 0.05) is 12.0 Å². The predicted molar refractivity (Wildman–Crippen MR) is 67.4 cm³/mol. The monoisotopic (exact) mass is 262 g/mol. The first-order valence-corrected chi connectivity index (χ1v) is 5.74. The van der Waals surface area contributed by atoms with E-state index in [2.05, 4.69) is 11.3 Å². The number of Topliss-reactive ketones (excluding diaryl/α,β-unsaturated/α-hetero) is 1. The Balaban J connectivity index is 2.28. The molecule has 0 saturated carbocycles. The van der Waals surface area contributed by atoms with Gasteiger partial charge in [-0.25, -0.2) is 4.79 Å². The van der Waals surface area contributed by atoms with E-state index in [4.69, 9.17) is 4.74 Å². The lowest BCUT2D eigenvalue weighted by Gasteiger charge is -2.11. The molecule has 0 aliphatic carbocycles. The average Bonchev–Trinajstić information content (AvgIpc) is 2.78. The number of carbonyl (C=O) groups excluding carboxylic acids is 2. The molecule has 1 aromatic carbocycles. The smallest absolute Gasteiger partial charge is 0.336 e. The van der Waals surface area contributed by atoms with Gasteiger partial charge in [0.05, 0.1) is 18.2 Å². The second kappa shape index (κ2) is 4.76. The third-order valence-corrected chi connectivity index (χ3v) is 3.07. The number of aromatic hydroxyl groups is 1. The van der Waals surface area contributed by atoms with Gasteiger partial charge in [-0.2, -0.15) is 0 Å². The van der Waals surface area contributed by atoms with Gasteiger partial charge in [-0.1, -0.05) is 6.58 Å². The van der Waals surface area contributed by atoms with Crippen molar-refractivity contribution in [2.24, 2.45) is 0 Å². The molecule has 100 valence electrons. The fraction of sp³-hybridized carbons (Fsp3) is 0.286. The molecule has 0 spiro atoms. The van der Waals surface area contributed by atoms with Gasteiger partial charge in [-0.3, -0.25) is 4.79 Å². The SMILES string of the molecule is C=C(C(=O)OC)[C@H]1Cc2cc(O)c(C(C)=O)cc2O1. The van der Waals surface area contributed by atoms with E-state index < -0.39 is 12.1 Å². The molecule has 5 heteroatoms. The molecule has 1 aromatic rings. The Morgan fingerprint density at radius 3 is 2.74 bits per heavy atom. The summed E-state index contributed by atoms with van der Waals surface area (Å²) in [4.78, 5) is 22.7. The summed E-state index contributed by atoms with van der Waals surface area (Å²) in [6.45, 7) is 5.00. The molecule has 5 nitrogen and oxygen atoms in total. The van der Waals surface area contributed by atoms with Crippen molar-refractivity contribution in [1.29, 1.82) is 0 Å². The van der Waals surface area contributed by atoms with E-state index in [1.54, 1.807) is 0 Å². The van der Waals surface area contributed by atoms with Crippen molar-refractivity contribution in [2.75, 3.05) is 7.11 Å². The van der Waals surface area contributed by atoms with E-state index in [0.717, 1.165) is 5.56 Å². The molecule has 0 bridgehead atoms. The van der Waals surface area contributed by atoms with Gasteiger partial charge in [0.2, 0.25) is 0 Å². The third kappa shape index (κ3) is 2.31. The zero-order valence-electron chi connectivity index (χ0n) is 10.7. The van der Waals surface area contributed by atoms with Crippen LogP contribution >= 0.6 is 0 Å². The zero-order valence-corrected chi connectivity index (χ0v) is 10.7. The van der Waals surface area contributed by atoms with Crippen molar-refractivity contribution in [3.63, 3.8) is 0 Å². The number of fused-ring (bicyclic) bond motifs is 1. The van der Waals surface area contributed by atoms with Crippen LogP contribution in [0.25, 0.3) is 0 Å². The van der Waals surface area contributed by atoms with Crippen molar-refractivity contribution in [3.05, 3.63) is 35.4 Å². The number of carbonyl (C=O) groups is 2. The largest absolute Gasteiger partial charge is 0.507 e. The van der Waals surface area contributed by atoms with E-state index in [-0.39, 0.29) is 22.7 Å². The van der Waals surface area contributed by atoms with E-state index in [0.29, 0.717) is 12.2 Å². The van der Waals surface area contributed by atoms with Crippen molar-refractivity contribution < 1.29 is 24.2 Å². The highest BCUT2D eigenvalue weighted by Gasteiger charge is 2.30. The Kier molecular flexibility index (Phi) is 3.29. The lowest BCUT2D eigenvalue weighted by molar-refractivity contribution is -0.136. The maximum atomic E-state index is 11.4. The Morgan fingerprint density at radius 1 is 1.47 bits per heavy atom. The standard InChI is InChI=1S/C14H14O5/c1-7(14(17)18-3)12-5-9-4-11(16)10(8(2)15)6-13(9)19-12/h4,6,12,16H,1,5H2,2-3H3/t12-/m1/s1. The summed E-state index contributed by atoms with van der Waals surface area (Å²) in [7, 11) is 1.27. The molecule has 0 saturated heterocycles. The lowest BCUT2D eigenvalue weighted by Crippen LogP contribution is -2.22. The van der Waals surface area contributed by atoms with Crippen molar-refractivity contribution >= 4 is 11.8 Å². The molecule has 1 atom stereocenters. The predicted octanol–water partition coefficient (Wildman–Crippen LogP) is 1.63. The van der Waals surface area contributed by atoms with E-state index in [9.17, 15) is 14.7 Å². The molecule has 1 aliphatic rings. The van der Waals surface area contributed by atoms with Gasteiger partial charge in [-0.05, 0) is 19.1 Å². The van der Waals surface area contributed by atoms with Crippen LogP contribution < -0.4 is 4.74 Å². The maximum Gasteiger partial charge on any atom is 0.336 e. The maximum absolute atomic E-state index is 11.4. The lowest BCUT2D eigenvalue weighted by atomic mass is 10.0. The van der Waals surface area contributed by atoms with Crippen LogP contribution in [-0.2, 0) is 16.0 Å². The molecular weight excluding hydrogens is 248 g/mol. The van der Waals surface area contributed by atoms with E-state index in [1.807, 2.05) is 0 Å². The highest BCUT2D eigenvalue weighted by molar-refractivity contribution is 5.97. The number of rotatable bonds is 3. The minimum absolute atomic E-state index is 0.0841. The first-order valence-electron chi connectivity index (χ1n) is 5.74. The summed E-state index contributed by atoms with van der Waals surface area (Å²) in [6.07, 6.45) is -0.112. The number of phenols is 1. The summed E-state index contributed by atoms with van der Waals surface area (Å²) in [5, 5.41) is 9.73. The summed E-state index contributed by atoms with van der Waals surface area (Å²) in [6, 6.07) is 2.97. The number of ketones is 1. The van der Waals surface area contributed by atoms with Gasteiger partial charge >= 0.3 is 5.97 Å². The van der Waals surface area contributed by atoms with E-state index in [1.165, 1.54) is 26.2 Å². The molecule has 1 N–H and O–H groups in total. The number of methoxy groups -OCH3 is 1. The number of ether oxygens (including phenoxy) is 2. The van der Waals surface area contributed by atoms with Gasteiger partial charge in [0.15, 0.2) is 5.78 Å². The first kappa shape index (κ1) is 13.1. The number of esters is 1. The van der Waals surface area contributed by atoms with Gasteiger partial charge in [0.1, 0.15) is 17.6 Å². The Morgan fingerprint density at radius 2 is 2.16 bits per heavy atom. The topological polar surface area (TPSA) is 72.8 Å². The Bertz CT molecular complexity index is 573. The van der Waals surface area contributed by atoms with Crippen LogP contribution in [-0.4, -0.2) is 30.1 Å². The molecular formula is C14H14O5. The molecule has 0 amide bonds. The van der Waals surface area contributed by atoms with Gasteiger partial charge in [-0.15, -0.1) is 0 Å². The van der Waals surface area contributed by atoms with Gasteiger partial charge < -0.3 is 14.6 Å². The number of benzene rings is 1. The average molecular weight is 262 g/mol. The second-order valence-electron chi connectivity index (χ2n) is 4.36. The highest BCUT2D eigenvalue weighted by atomic mass is 16.5. The summed E-state index contributed by atoms with van der Waals surface area (Å²) >= 11 is 0. The Hall–Kier alpha value is -2.30. The first-order chi connectivity index (χ1) is 8.93. The van der Waals surface area contributed by atoms with Crippen LogP contribution in [0.3, 0.4) is 0 Å². The Labute approximate surface area is 110 Å². The molecule has 0 radical (unpaired) electrons. The van der Waals surface area contributed by atoms with Crippen molar-refractivity contribution in [1.82, 2.24) is 0 Å². The van der Waals surface area contributed by atoms with Crippen molar-refractivity contribution in [3.8, 4) is 11.5 Å². The third-order valence-electron chi connectivity index (χ3n) is 3.07. The molecule has 0 fully saturated rings. The highest BCUT2D eigenvalue weighted by Crippen LogP contribution is 2.36. The fourth-order valence-electron chi connectivity index (χ4n) is 2.01. The quantitative estimate of drug-likeness (QED) is 0.509. The number of phenolic OH excluding ortho intramolecular Hbond substituents is 1. The molecule has 1 heterocycles. The molecule has 1 aliphatic heterocycles. The molecule has 2 rings (SSSR count). The van der Waals surface area contributed by atoms with Gasteiger partial charge in [0.25, 0.3) is 0 Å². The van der Waals surface area contributed by atoms with Crippen LogP contribution in [0, 0.1) is 0 Å². The van der Waals surface area contributed by atoms with Crippen LogP contribution in [0.5, 0.6) is 11.5 Å². The van der Waals surface area contributed by atoms with Crippen LogP contribution in [0.1, 0.15) is 22.8 Å². The number of hydrogen-bond acceptors (Lipinski definition) is 5. The van der Waals surface area contributed by atoms with E-state index >= 15 is 0 Å². The zero-order chi connectivity index (χ0) is 14.2. The normalized spacial score (nSPS) is 16.4. The minimum atomic E-state index is -0.534. The van der Waals surface area contributed by atoms with Crippen LogP contribution in [0.15, 0.2) is 24.3 Å². The minimum Gasteiger partial charge on any atom is -0.507 e. The summed E-state index contributed by atoms with van der Waals surface area (Å²) in [5.74, 6) is -0.384. The molecule has 19 heavy (non-hydrogen) atoms. The molecule has 0 unspecified atom stereocenters. The fourth-order valence-corrected chi connectivity index (χ4v) is 2.01. The summed E-state index contributed by atoms with van der Waals surface area (Å²) in [5.41, 5.74) is 1.14. The number of hydrogen-bond donors (Lipinski definition) is 1.